The molecule has 0 spiro atoms. The molecule has 4 nitrogen and oxygen atoms in total. The van der Waals surface area contributed by atoms with Gasteiger partial charge in [0.1, 0.15) is 11.8 Å². The van der Waals surface area contributed by atoms with Crippen LogP contribution in [-0.4, -0.2) is 34.8 Å². The van der Waals surface area contributed by atoms with Gasteiger partial charge in [0.05, 0.1) is 5.56 Å². The van der Waals surface area contributed by atoms with Crippen molar-refractivity contribution in [2.75, 3.05) is 19.0 Å². The van der Waals surface area contributed by atoms with Crippen LogP contribution in [0.2, 0.25) is 0 Å². The van der Waals surface area contributed by atoms with E-state index in [1.165, 1.54) is 6.20 Å². The smallest absolute Gasteiger partial charge is 0.272 e. The average molecular weight is 238 g/mol. The van der Waals surface area contributed by atoms with E-state index in [0.29, 0.717) is 30.2 Å². The summed E-state index contributed by atoms with van der Waals surface area (Å²) in [6.45, 7) is 2.97. The standard InChI is InChI=1S/C11H12ClN3O/c1-2-15(6-5-12)11(16)10-4-3-9(7-13)8-14-10/h3-4,8H,2,5-6H2,1H3. The zero-order valence-electron chi connectivity index (χ0n) is 8.98. The van der Waals surface area contributed by atoms with Gasteiger partial charge < -0.3 is 4.90 Å². The second kappa shape index (κ2) is 6.09. The van der Waals surface area contributed by atoms with Gasteiger partial charge in [-0.3, -0.25) is 4.79 Å². The summed E-state index contributed by atoms with van der Waals surface area (Å²) in [4.78, 5) is 17.4. The maximum Gasteiger partial charge on any atom is 0.272 e. The van der Waals surface area contributed by atoms with Crippen LogP contribution in [0.5, 0.6) is 0 Å². The average Bonchev–Trinajstić information content (AvgIpc) is 2.35. The number of carbonyl (C=O) groups is 1. The number of pyridine rings is 1. The summed E-state index contributed by atoms with van der Waals surface area (Å²) < 4.78 is 0. The highest BCUT2D eigenvalue weighted by atomic mass is 35.5. The first-order chi connectivity index (χ1) is 7.72. The molecule has 0 atom stereocenters. The first kappa shape index (κ1) is 12.5. The van der Waals surface area contributed by atoms with Crippen molar-refractivity contribution in [3.63, 3.8) is 0 Å². The van der Waals surface area contributed by atoms with Gasteiger partial charge in [-0.25, -0.2) is 4.98 Å². The molecule has 0 saturated heterocycles. The summed E-state index contributed by atoms with van der Waals surface area (Å²) in [5.41, 5.74) is 0.780. The number of nitriles is 1. The molecule has 0 aromatic carbocycles. The van der Waals surface area contributed by atoms with Crippen LogP contribution in [0.25, 0.3) is 0 Å². The molecule has 0 bridgehead atoms. The van der Waals surface area contributed by atoms with Gasteiger partial charge in [0.25, 0.3) is 5.91 Å². The number of hydrogen-bond donors (Lipinski definition) is 0. The Kier molecular flexibility index (Phi) is 4.74. The van der Waals surface area contributed by atoms with Crippen molar-refractivity contribution < 1.29 is 4.79 Å². The molecule has 0 saturated carbocycles. The molecule has 1 amide bonds. The Balaban J connectivity index is 2.83. The number of aromatic nitrogens is 1. The summed E-state index contributed by atoms with van der Waals surface area (Å²) in [6, 6.07) is 5.08. The largest absolute Gasteiger partial charge is 0.336 e. The van der Waals surface area contributed by atoms with Gasteiger partial charge in [0.15, 0.2) is 0 Å². The molecular weight excluding hydrogens is 226 g/mol. The van der Waals surface area contributed by atoms with E-state index in [1.807, 2.05) is 13.0 Å². The Morgan fingerprint density at radius 1 is 1.62 bits per heavy atom. The lowest BCUT2D eigenvalue weighted by atomic mass is 10.2. The van der Waals surface area contributed by atoms with Crippen LogP contribution in [0.1, 0.15) is 23.0 Å². The second-order valence-corrected chi connectivity index (χ2v) is 3.50. The first-order valence-electron chi connectivity index (χ1n) is 4.94. The Morgan fingerprint density at radius 3 is 2.81 bits per heavy atom. The maximum atomic E-state index is 11.9. The van der Waals surface area contributed by atoms with Gasteiger partial charge in [-0.2, -0.15) is 5.26 Å². The zero-order chi connectivity index (χ0) is 12.0. The summed E-state index contributed by atoms with van der Waals surface area (Å²) in [5.74, 6) is 0.239. The first-order valence-corrected chi connectivity index (χ1v) is 5.47. The van der Waals surface area contributed by atoms with Gasteiger partial charge in [-0.05, 0) is 19.1 Å². The number of rotatable bonds is 4. The molecule has 0 N–H and O–H groups in total. The SMILES string of the molecule is CCN(CCCl)C(=O)c1ccc(C#N)cn1. The molecule has 1 aromatic heterocycles. The quantitative estimate of drug-likeness (QED) is 0.749. The minimum atomic E-state index is -0.160. The molecule has 16 heavy (non-hydrogen) atoms. The second-order valence-electron chi connectivity index (χ2n) is 3.12. The van der Waals surface area contributed by atoms with Crippen molar-refractivity contribution in [3.8, 4) is 6.07 Å². The third-order valence-corrected chi connectivity index (χ3v) is 2.30. The van der Waals surface area contributed by atoms with E-state index in [1.54, 1.807) is 17.0 Å². The van der Waals surface area contributed by atoms with E-state index in [9.17, 15) is 4.79 Å². The maximum absolute atomic E-state index is 11.9. The van der Waals surface area contributed by atoms with E-state index in [2.05, 4.69) is 4.98 Å². The molecule has 1 heterocycles. The molecule has 84 valence electrons. The van der Waals surface area contributed by atoms with E-state index in [0.717, 1.165) is 0 Å². The number of amides is 1. The van der Waals surface area contributed by atoms with Crippen molar-refractivity contribution in [3.05, 3.63) is 29.6 Å². The molecule has 0 aliphatic rings. The van der Waals surface area contributed by atoms with Gasteiger partial charge in [0.2, 0.25) is 0 Å². The molecule has 1 aromatic rings. The zero-order valence-corrected chi connectivity index (χ0v) is 9.74. The van der Waals surface area contributed by atoms with Gasteiger partial charge >= 0.3 is 0 Å². The van der Waals surface area contributed by atoms with Crippen LogP contribution < -0.4 is 0 Å². The highest BCUT2D eigenvalue weighted by Crippen LogP contribution is 2.03. The van der Waals surface area contributed by atoms with E-state index in [4.69, 9.17) is 16.9 Å². The number of hydrogen-bond acceptors (Lipinski definition) is 3. The molecule has 5 heteroatoms. The van der Waals surface area contributed by atoms with E-state index < -0.39 is 0 Å². The molecule has 0 aliphatic heterocycles. The number of halogens is 1. The van der Waals surface area contributed by atoms with Crippen LogP contribution in [0.15, 0.2) is 18.3 Å². The highest BCUT2D eigenvalue weighted by Gasteiger charge is 2.14. The van der Waals surface area contributed by atoms with Gasteiger partial charge in [-0.15, -0.1) is 11.6 Å². The molecule has 0 radical (unpaired) electrons. The van der Waals surface area contributed by atoms with Gasteiger partial charge in [0, 0.05) is 25.2 Å². The van der Waals surface area contributed by atoms with Crippen molar-refractivity contribution >= 4 is 17.5 Å². The van der Waals surface area contributed by atoms with E-state index >= 15 is 0 Å². The normalized spacial score (nSPS) is 9.56. The number of nitrogens with zero attached hydrogens (tertiary/aromatic N) is 3. The Hall–Kier alpha value is -1.60. The molecule has 0 fully saturated rings. The van der Waals surface area contributed by atoms with Crippen LogP contribution in [-0.2, 0) is 0 Å². The lowest BCUT2D eigenvalue weighted by molar-refractivity contribution is 0.0768. The predicted octanol–water partition coefficient (Wildman–Crippen LogP) is 1.65. The minimum Gasteiger partial charge on any atom is -0.336 e. The number of carbonyl (C=O) groups excluding carboxylic acids is 1. The lowest BCUT2D eigenvalue weighted by Crippen LogP contribution is -2.33. The molecular formula is C11H12ClN3O. The fourth-order valence-electron chi connectivity index (χ4n) is 1.25. The monoisotopic (exact) mass is 237 g/mol. The Labute approximate surface area is 99.5 Å². The fourth-order valence-corrected chi connectivity index (χ4v) is 1.46. The molecule has 0 aliphatic carbocycles. The van der Waals surface area contributed by atoms with Crippen LogP contribution in [0, 0.1) is 11.3 Å². The molecule has 1 rings (SSSR count). The third kappa shape index (κ3) is 2.94. The van der Waals surface area contributed by atoms with Crippen LogP contribution >= 0.6 is 11.6 Å². The Morgan fingerprint density at radius 2 is 2.38 bits per heavy atom. The summed E-state index contributed by atoms with van der Waals surface area (Å²) in [6.07, 6.45) is 1.39. The van der Waals surface area contributed by atoms with Crippen molar-refractivity contribution in [1.82, 2.24) is 9.88 Å². The van der Waals surface area contributed by atoms with Crippen LogP contribution in [0.3, 0.4) is 0 Å². The summed E-state index contributed by atoms with van der Waals surface area (Å²) in [5, 5.41) is 8.60. The third-order valence-electron chi connectivity index (χ3n) is 2.14. The van der Waals surface area contributed by atoms with Crippen molar-refractivity contribution in [2.45, 2.75) is 6.92 Å². The Bertz CT molecular complexity index is 397. The summed E-state index contributed by atoms with van der Waals surface area (Å²) >= 11 is 5.60. The highest BCUT2D eigenvalue weighted by molar-refractivity contribution is 6.18. The summed E-state index contributed by atoms with van der Waals surface area (Å²) in [7, 11) is 0. The minimum absolute atomic E-state index is 0.160. The number of alkyl halides is 1. The van der Waals surface area contributed by atoms with Crippen molar-refractivity contribution in [1.29, 1.82) is 5.26 Å². The fraction of sp³-hybridized carbons (Fsp3) is 0.364. The predicted molar refractivity (Wildman–Crippen MR) is 61.2 cm³/mol. The molecule has 0 unspecified atom stereocenters. The van der Waals surface area contributed by atoms with Crippen LogP contribution in [0.4, 0.5) is 0 Å². The van der Waals surface area contributed by atoms with Crippen molar-refractivity contribution in [2.24, 2.45) is 0 Å². The van der Waals surface area contributed by atoms with E-state index in [-0.39, 0.29) is 5.91 Å². The topological polar surface area (TPSA) is 57.0 Å². The van der Waals surface area contributed by atoms with Gasteiger partial charge in [-0.1, -0.05) is 0 Å². The lowest BCUT2D eigenvalue weighted by Gasteiger charge is -2.18.